The summed E-state index contributed by atoms with van der Waals surface area (Å²) in [4.78, 5) is 1.23. The molecule has 2 atom stereocenters. The maximum atomic E-state index is 6.38. The molecule has 0 radical (unpaired) electrons. The van der Waals surface area contributed by atoms with Crippen molar-refractivity contribution in [1.29, 1.82) is 0 Å². The number of hydrogen-bond acceptors (Lipinski definition) is 5. The van der Waals surface area contributed by atoms with Gasteiger partial charge in [0, 0.05) is 17.5 Å². The van der Waals surface area contributed by atoms with E-state index in [4.69, 9.17) is 14.6 Å². The van der Waals surface area contributed by atoms with Gasteiger partial charge in [-0.25, -0.2) is 5.01 Å². The van der Waals surface area contributed by atoms with E-state index in [0.717, 1.165) is 29.2 Å². The lowest BCUT2D eigenvalue weighted by Gasteiger charge is -2.38. The molecule has 27 heavy (non-hydrogen) atoms. The third-order valence-corrected chi connectivity index (χ3v) is 5.90. The lowest BCUT2D eigenvalue weighted by atomic mass is 9.98. The van der Waals surface area contributed by atoms with Crippen LogP contribution in [-0.2, 0) is 0 Å². The highest BCUT2D eigenvalue weighted by molar-refractivity contribution is 7.12. The quantitative estimate of drug-likeness (QED) is 0.612. The van der Waals surface area contributed by atoms with E-state index in [-0.39, 0.29) is 12.3 Å². The number of para-hydroxylation sites is 1. The first-order valence-corrected chi connectivity index (χ1v) is 10.1. The zero-order valence-electron chi connectivity index (χ0n) is 15.0. The van der Waals surface area contributed by atoms with Crippen molar-refractivity contribution in [2.75, 3.05) is 6.61 Å². The minimum atomic E-state index is -0.238. The molecule has 0 bridgehead atoms. The Bertz CT molecular complexity index is 966. The standard InChI is InChI=1S/C22H20N2O2S/c1-2-25-16-11-9-15(10-12-16)22-24-19(17-6-3-4-7-20(17)26-22)14-18(23-24)21-8-5-13-27-21/h3-13,19,22H,2,14H2,1H3/t19-,22+/m1/s1. The topological polar surface area (TPSA) is 34.1 Å². The minimum absolute atomic E-state index is 0.198. The maximum absolute atomic E-state index is 6.38. The molecule has 3 aromatic rings. The first-order chi connectivity index (χ1) is 13.3. The SMILES string of the molecule is CCOc1ccc([C@@H]2Oc3ccccc3[C@H]3CC(c4cccs4)=NN32)cc1. The molecule has 2 aromatic carbocycles. The van der Waals surface area contributed by atoms with E-state index in [1.165, 1.54) is 10.4 Å². The van der Waals surface area contributed by atoms with Crippen LogP contribution in [0.1, 0.15) is 41.6 Å². The highest BCUT2D eigenvalue weighted by Gasteiger charge is 2.40. The molecule has 136 valence electrons. The molecule has 0 saturated carbocycles. The summed E-state index contributed by atoms with van der Waals surface area (Å²) in [6.07, 6.45) is 0.659. The van der Waals surface area contributed by atoms with Crippen LogP contribution in [0.3, 0.4) is 0 Å². The number of benzene rings is 2. The van der Waals surface area contributed by atoms with Gasteiger partial charge in [-0.3, -0.25) is 0 Å². The van der Waals surface area contributed by atoms with Crippen LogP contribution in [0.15, 0.2) is 71.1 Å². The van der Waals surface area contributed by atoms with E-state index >= 15 is 0 Å². The molecule has 4 nitrogen and oxygen atoms in total. The predicted octanol–water partition coefficient (Wildman–Crippen LogP) is 5.39. The molecule has 3 heterocycles. The Morgan fingerprint density at radius 2 is 1.96 bits per heavy atom. The lowest BCUT2D eigenvalue weighted by Crippen LogP contribution is -2.33. The van der Waals surface area contributed by atoms with Crippen molar-refractivity contribution in [3.63, 3.8) is 0 Å². The van der Waals surface area contributed by atoms with Gasteiger partial charge in [-0.2, -0.15) is 5.10 Å². The van der Waals surface area contributed by atoms with Crippen molar-refractivity contribution in [2.45, 2.75) is 25.6 Å². The average molecular weight is 376 g/mol. The van der Waals surface area contributed by atoms with Gasteiger partial charge in [-0.05, 0) is 48.7 Å². The lowest BCUT2D eigenvalue weighted by molar-refractivity contribution is -0.0190. The molecule has 1 aromatic heterocycles. The van der Waals surface area contributed by atoms with Crippen LogP contribution in [0.2, 0.25) is 0 Å². The van der Waals surface area contributed by atoms with Crippen molar-refractivity contribution in [3.05, 3.63) is 82.0 Å². The first kappa shape index (κ1) is 16.4. The van der Waals surface area contributed by atoms with Gasteiger partial charge in [-0.15, -0.1) is 11.3 Å². The third kappa shape index (κ3) is 2.88. The van der Waals surface area contributed by atoms with Crippen LogP contribution in [0, 0.1) is 0 Å². The molecule has 0 aliphatic carbocycles. The second-order valence-corrected chi connectivity index (χ2v) is 7.58. The zero-order valence-corrected chi connectivity index (χ0v) is 15.9. The summed E-state index contributed by atoms with van der Waals surface area (Å²) < 4.78 is 12.0. The molecule has 5 heteroatoms. The molecule has 0 saturated heterocycles. The van der Waals surface area contributed by atoms with Crippen molar-refractivity contribution < 1.29 is 9.47 Å². The third-order valence-electron chi connectivity index (χ3n) is 4.98. The molecule has 0 unspecified atom stereocenters. The summed E-state index contributed by atoms with van der Waals surface area (Å²) in [6.45, 7) is 2.65. The fourth-order valence-corrected chi connectivity index (χ4v) is 4.46. The van der Waals surface area contributed by atoms with E-state index in [9.17, 15) is 0 Å². The summed E-state index contributed by atoms with van der Waals surface area (Å²) in [7, 11) is 0. The molecule has 0 fully saturated rings. The van der Waals surface area contributed by atoms with Crippen molar-refractivity contribution in [3.8, 4) is 11.5 Å². The van der Waals surface area contributed by atoms with E-state index in [1.807, 2.05) is 25.1 Å². The number of hydrazone groups is 1. The Morgan fingerprint density at radius 1 is 1.11 bits per heavy atom. The summed E-state index contributed by atoms with van der Waals surface area (Å²) in [5.74, 6) is 1.82. The summed E-state index contributed by atoms with van der Waals surface area (Å²) in [5, 5.41) is 9.19. The molecule has 0 amide bonds. The van der Waals surface area contributed by atoms with Gasteiger partial charge in [0.25, 0.3) is 0 Å². The van der Waals surface area contributed by atoms with Crippen LogP contribution in [-0.4, -0.2) is 17.3 Å². The molecule has 2 aliphatic heterocycles. The monoisotopic (exact) mass is 376 g/mol. The number of rotatable bonds is 4. The van der Waals surface area contributed by atoms with Gasteiger partial charge in [0.15, 0.2) is 0 Å². The summed E-state index contributed by atoms with van der Waals surface area (Å²) in [5.41, 5.74) is 3.41. The van der Waals surface area contributed by atoms with Crippen LogP contribution in [0.25, 0.3) is 0 Å². The van der Waals surface area contributed by atoms with Crippen LogP contribution in [0.4, 0.5) is 0 Å². The van der Waals surface area contributed by atoms with Crippen LogP contribution in [0.5, 0.6) is 11.5 Å². The van der Waals surface area contributed by atoms with Crippen molar-refractivity contribution in [1.82, 2.24) is 5.01 Å². The minimum Gasteiger partial charge on any atom is -0.494 e. The molecule has 0 spiro atoms. The maximum Gasteiger partial charge on any atom is 0.213 e. The summed E-state index contributed by atoms with van der Waals surface area (Å²) in [6, 6.07) is 20.8. The first-order valence-electron chi connectivity index (χ1n) is 9.21. The average Bonchev–Trinajstić information content (AvgIpc) is 3.38. The van der Waals surface area contributed by atoms with E-state index < -0.39 is 0 Å². The molecular weight excluding hydrogens is 356 g/mol. The highest BCUT2D eigenvalue weighted by Crippen LogP contribution is 2.47. The van der Waals surface area contributed by atoms with Gasteiger partial charge >= 0.3 is 0 Å². The molecule has 0 N–H and O–H groups in total. The van der Waals surface area contributed by atoms with Gasteiger partial charge < -0.3 is 9.47 Å². The number of nitrogens with zero attached hydrogens (tertiary/aromatic N) is 2. The number of hydrogen-bond donors (Lipinski definition) is 0. The largest absolute Gasteiger partial charge is 0.494 e. The van der Waals surface area contributed by atoms with E-state index in [1.54, 1.807) is 11.3 Å². The smallest absolute Gasteiger partial charge is 0.213 e. The number of ether oxygens (including phenoxy) is 2. The predicted molar refractivity (Wildman–Crippen MR) is 107 cm³/mol. The number of fused-ring (bicyclic) bond motifs is 3. The van der Waals surface area contributed by atoms with Crippen molar-refractivity contribution in [2.24, 2.45) is 5.10 Å². The molecule has 5 rings (SSSR count). The second kappa shape index (κ2) is 6.74. The van der Waals surface area contributed by atoms with Crippen LogP contribution < -0.4 is 9.47 Å². The fraction of sp³-hybridized carbons (Fsp3) is 0.227. The Balaban J connectivity index is 1.54. The Morgan fingerprint density at radius 3 is 2.74 bits per heavy atom. The van der Waals surface area contributed by atoms with E-state index in [0.29, 0.717) is 6.61 Å². The Kier molecular flexibility index (Phi) is 4.09. The van der Waals surface area contributed by atoms with Gasteiger partial charge in [-0.1, -0.05) is 24.3 Å². The van der Waals surface area contributed by atoms with Gasteiger partial charge in [0.2, 0.25) is 6.23 Å². The van der Waals surface area contributed by atoms with Crippen LogP contribution >= 0.6 is 11.3 Å². The highest BCUT2D eigenvalue weighted by atomic mass is 32.1. The molecule has 2 aliphatic rings. The zero-order chi connectivity index (χ0) is 18.2. The fourth-order valence-electron chi connectivity index (χ4n) is 3.74. The Labute approximate surface area is 162 Å². The number of thiophene rings is 1. The Hall–Kier alpha value is -2.79. The van der Waals surface area contributed by atoms with E-state index in [2.05, 4.69) is 52.9 Å². The normalized spacial score (nSPS) is 20.5. The van der Waals surface area contributed by atoms with Gasteiger partial charge in [0.1, 0.15) is 11.5 Å². The van der Waals surface area contributed by atoms with Gasteiger partial charge in [0.05, 0.1) is 23.2 Å². The molecular formula is C22H20N2O2S. The van der Waals surface area contributed by atoms with Crippen molar-refractivity contribution >= 4 is 17.0 Å². The second-order valence-electron chi connectivity index (χ2n) is 6.63. The summed E-state index contributed by atoms with van der Waals surface area (Å²) >= 11 is 1.74.